The van der Waals surface area contributed by atoms with E-state index >= 15 is 0 Å². The Bertz CT molecular complexity index is 816. The van der Waals surface area contributed by atoms with E-state index in [1.54, 1.807) is 40.3 Å². The Morgan fingerprint density at radius 1 is 1.36 bits per heavy atom. The van der Waals surface area contributed by atoms with Gasteiger partial charge in [-0.2, -0.15) is 10.2 Å². The Morgan fingerprint density at radius 3 is 3.04 bits per heavy atom. The minimum atomic E-state index is -0.299. The van der Waals surface area contributed by atoms with Crippen LogP contribution in [0.5, 0.6) is 0 Å². The molecule has 0 aliphatic carbocycles. The molecule has 1 saturated heterocycles. The zero-order valence-electron chi connectivity index (χ0n) is 13.2. The van der Waals surface area contributed by atoms with Crippen LogP contribution in [0.15, 0.2) is 43.1 Å². The number of anilines is 1. The van der Waals surface area contributed by atoms with Gasteiger partial charge in [-0.15, -0.1) is 0 Å². The van der Waals surface area contributed by atoms with Crippen molar-refractivity contribution in [3.05, 3.63) is 48.9 Å². The highest BCUT2D eigenvalue weighted by molar-refractivity contribution is 5.89. The normalized spacial score (nSPS) is 17.4. The summed E-state index contributed by atoms with van der Waals surface area (Å²) in [5.74, 6) is 1.27. The predicted molar refractivity (Wildman–Crippen MR) is 87.0 cm³/mol. The fourth-order valence-corrected chi connectivity index (χ4v) is 2.64. The number of aromatic nitrogens is 6. The third kappa shape index (κ3) is 3.19. The van der Waals surface area contributed by atoms with Gasteiger partial charge in [-0.05, 0) is 18.2 Å². The monoisotopic (exact) mass is 340 g/mol. The number of H-pyrrole nitrogens is 1. The Kier molecular flexibility index (Phi) is 4.09. The van der Waals surface area contributed by atoms with Crippen LogP contribution in [0.25, 0.3) is 5.82 Å². The zero-order chi connectivity index (χ0) is 17.1. The van der Waals surface area contributed by atoms with E-state index in [0.29, 0.717) is 37.1 Å². The molecule has 2 N–H and O–H groups in total. The highest BCUT2D eigenvalue weighted by Gasteiger charge is 2.30. The van der Waals surface area contributed by atoms with E-state index < -0.39 is 0 Å². The minimum absolute atomic E-state index is 0.238. The minimum Gasteiger partial charge on any atom is -0.377 e. The first kappa shape index (κ1) is 15.3. The second-order valence-electron chi connectivity index (χ2n) is 5.44. The van der Waals surface area contributed by atoms with Crippen LogP contribution < -0.4 is 5.32 Å². The maximum absolute atomic E-state index is 12.6. The summed E-state index contributed by atoms with van der Waals surface area (Å²) in [5.41, 5.74) is 0.601. The van der Waals surface area contributed by atoms with Crippen LogP contribution in [-0.2, 0) is 4.74 Å². The number of pyridine rings is 1. The molecule has 3 aromatic rings. The molecular weight excluding hydrogens is 324 g/mol. The number of hydrogen-bond donors (Lipinski definition) is 2. The lowest BCUT2D eigenvalue weighted by Crippen LogP contribution is -2.45. The average molecular weight is 340 g/mol. The van der Waals surface area contributed by atoms with Crippen molar-refractivity contribution in [3.63, 3.8) is 0 Å². The Hall–Kier alpha value is -3.27. The number of morpholine rings is 1. The van der Waals surface area contributed by atoms with Gasteiger partial charge >= 0.3 is 6.03 Å². The van der Waals surface area contributed by atoms with Crippen molar-refractivity contribution in [2.75, 3.05) is 25.1 Å². The first-order valence-electron chi connectivity index (χ1n) is 7.78. The molecule has 2 amide bonds. The first-order valence-corrected chi connectivity index (χ1v) is 7.78. The van der Waals surface area contributed by atoms with Gasteiger partial charge in [0.1, 0.15) is 18.2 Å². The van der Waals surface area contributed by atoms with Crippen molar-refractivity contribution in [1.29, 1.82) is 0 Å². The second kappa shape index (κ2) is 6.69. The first-order chi connectivity index (χ1) is 12.3. The average Bonchev–Trinajstić information content (AvgIpc) is 3.36. The van der Waals surface area contributed by atoms with Crippen molar-refractivity contribution >= 4 is 11.7 Å². The Labute approximate surface area is 142 Å². The number of carbonyl (C=O) groups excluding carboxylic acids is 1. The summed E-state index contributed by atoms with van der Waals surface area (Å²) in [7, 11) is 0. The maximum Gasteiger partial charge on any atom is 0.322 e. The third-order valence-corrected chi connectivity index (χ3v) is 3.88. The van der Waals surface area contributed by atoms with Crippen LogP contribution in [-0.4, -0.2) is 60.6 Å². The highest BCUT2D eigenvalue weighted by atomic mass is 16.5. The standard InChI is InChI=1S/C15H16N8O2/c24-15(22-6-7-25-9-12(22)14-17-10-18-21-14)20-11-2-3-13(16-8-11)23-5-1-4-19-23/h1-5,8,10,12H,6-7,9H2,(H,20,24)(H,17,18,21)/t12-/m0/s1. The number of amides is 2. The number of ether oxygens (including phenoxy) is 1. The number of rotatable bonds is 3. The van der Waals surface area contributed by atoms with Crippen LogP contribution in [0.4, 0.5) is 10.5 Å². The Morgan fingerprint density at radius 2 is 2.32 bits per heavy atom. The van der Waals surface area contributed by atoms with Gasteiger partial charge in [-0.3, -0.25) is 5.10 Å². The lowest BCUT2D eigenvalue weighted by molar-refractivity contribution is 0.0118. The fourth-order valence-electron chi connectivity index (χ4n) is 2.64. The molecule has 128 valence electrons. The summed E-state index contributed by atoms with van der Waals surface area (Å²) < 4.78 is 7.11. The number of nitrogens with zero attached hydrogens (tertiary/aromatic N) is 6. The SMILES string of the molecule is O=C(Nc1ccc(-n2cccn2)nc1)N1CCOC[C@H]1c1ncn[nH]1. The van der Waals surface area contributed by atoms with Crippen LogP contribution in [0.3, 0.4) is 0 Å². The number of aromatic amines is 1. The van der Waals surface area contributed by atoms with Crippen molar-refractivity contribution in [2.45, 2.75) is 6.04 Å². The van der Waals surface area contributed by atoms with Crippen molar-refractivity contribution < 1.29 is 9.53 Å². The molecule has 10 heteroatoms. The van der Waals surface area contributed by atoms with Crippen LogP contribution >= 0.6 is 0 Å². The topological polar surface area (TPSA) is 114 Å². The predicted octanol–water partition coefficient (Wildman–Crippen LogP) is 0.991. The van der Waals surface area contributed by atoms with E-state index in [1.807, 2.05) is 6.07 Å². The molecule has 0 aromatic carbocycles. The third-order valence-electron chi connectivity index (χ3n) is 3.88. The number of urea groups is 1. The summed E-state index contributed by atoms with van der Waals surface area (Å²) >= 11 is 0. The molecule has 0 bridgehead atoms. The smallest absolute Gasteiger partial charge is 0.322 e. The molecule has 3 aromatic heterocycles. The molecule has 1 atom stereocenters. The molecule has 0 radical (unpaired) electrons. The summed E-state index contributed by atoms with van der Waals surface area (Å²) in [6.07, 6.45) is 6.49. The van der Waals surface area contributed by atoms with Gasteiger partial charge in [0.05, 0.1) is 25.1 Å². The summed E-state index contributed by atoms with van der Waals surface area (Å²) in [6, 6.07) is 4.85. The van der Waals surface area contributed by atoms with Gasteiger partial charge in [0, 0.05) is 18.9 Å². The molecule has 1 fully saturated rings. The van der Waals surface area contributed by atoms with Gasteiger partial charge in [0.25, 0.3) is 0 Å². The molecule has 10 nitrogen and oxygen atoms in total. The molecule has 1 aliphatic heterocycles. The van der Waals surface area contributed by atoms with E-state index in [-0.39, 0.29) is 12.1 Å². The van der Waals surface area contributed by atoms with Gasteiger partial charge < -0.3 is 15.0 Å². The lowest BCUT2D eigenvalue weighted by Gasteiger charge is -2.34. The molecular formula is C15H16N8O2. The molecule has 4 heterocycles. The maximum atomic E-state index is 12.6. The van der Waals surface area contributed by atoms with Gasteiger partial charge in [-0.1, -0.05) is 0 Å². The molecule has 0 saturated carbocycles. The summed E-state index contributed by atoms with van der Waals surface area (Å²) in [6.45, 7) is 1.32. The molecule has 0 unspecified atom stereocenters. The van der Waals surface area contributed by atoms with Gasteiger partial charge in [0.15, 0.2) is 5.82 Å². The van der Waals surface area contributed by atoms with Gasteiger partial charge in [-0.25, -0.2) is 19.4 Å². The quantitative estimate of drug-likeness (QED) is 0.735. The van der Waals surface area contributed by atoms with E-state index in [0.717, 1.165) is 0 Å². The Balaban J connectivity index is 1.47. The summed E-state index contributed by atoms with van der Waals surface area (Å²) in [4.78, 5) is 22.7. The molecule has 1 aliphatic rings. The second-order valence-corrected chi connectivity index (χ2v) is 5.44. The number of carbonyl (C=O) groups is 1. The lowest BCUT2D eigenvalue weighted by atomic mass is 10.2. The van der Waals surface area contributed by atoms with E-state index in [1.165, 1.54) is 6.33 Å². The van der Waals surface area contributed by atoms with E-state index in [4.69, 9.17) is 4.74 Å². The number of nitrogens with one attached hydrogen (secondary N) is 2. The molecule has 4 rings (SSSR count). The van der Waals surface area contributed by atoms with Crippen LogP contribution in [0.1, 0.15) is 11.9 Å². The largest absolute Gasteiger partial charge is 0.377 e. The summed E-state index contributed by atoms with van der Waals surface area (Å²) in [5, 5.41) is 13.6. The van der Waals surface area contributed by atoms with E-state index in [9.17, 15) is 4.79 Å². The van der Waals surface area contributed by atoms with Crippen molar-refractivity contribution in [1.82, 2.24) is 34.8 Å². The van der Waals surface area contributed by atoms with Gasteiger partial charge in [0.2, 0.25) is 0 Å². The molecule has 25 heavy (non-hydrogen) atoms. The van der Waals surface area contributed by atoms with Crippen molar-refractivity contribution in [2.24, 2.45) is 0 Å². The zero-order valence-corrected chi connectivity index (χ0v) is 13.2. The highest BCUT2D eigenvalue weighted by Crippen LogP contribution is 2.22. The van der Waals surface area contributed by atoms with E-state index in [2.05, 4.69) is 30.6 Å². The molecule has 0 spiro atoms. The fraction of sp³-hybridized carbons (Fsp3) is 0.267. The van der Waals surface area contributed by atoms with Crippen molar-refractivity contribution in [3.8, 4) is 5.82 Å². The number of hydrogen-bond acceptors (Lipinski definition) is 6. The van der Waals surface area contributed by atoms with Crippen LogP contribution in [0, 0.1) is 0 Å². The van der Waals surface area contributed by atoms with Crippen LogP contribution in [0.2, 0.25) is 0 Å².